The molecule has 164 valence electrons. The predicted octanol–water partition coefficient (Wildman–Crippen LogP) is 3.96. The van der Waals surface area contributed by atoms with Crippen LogP contribution in [0.3, 0.4) is 0 Å². The van der Waals surface area contributed by atoms with E-state index in [1.807, 2.05) is 0 Å². The highest BCUT2D eigenvalue weighted by Gasteiger charge is 2.28. The summed E-state index contributed by atoms with van der Waals surface area (Å²) in [7, 11) is 0. The van der Waals surface area contributed by atoms with Crippen LogP contribution >= 0.6 is 12.2 Å². The number of carbonyl (C=O) groups excluding carboxylic acids is 1. The third kappa shape index (κ3) is 4.83. The molecule has 30 heavy (non-hydrogen) atoms. The summed E-state index contributed by atoms with van der Waals surface area (Å²) in [6, 6.07) is 5.41. The highest BCUT2D eigenvalue weighted by Crippen LogP contribution is 2.29. The Hall–Kier alpha value is -1.99. The van der Waals surface area contributed by atoms with Crippen molar-refractivity contribution < 1.29 is 4.79 Å². The van der Waals surface area contributed by atoms with Gasteiger partial charge in [-0.25, -0.2) is 0 Å². The van der Waals surface area contributed by atoms with Crippen LogP contribution in [0.5, 0.6) is 0 Å². The summed E-state index contributed by atoms with van der Waals surface area (Å²) in [5.41, 5.74) is 1.06. The minimum absolute atomic E-state index is 0.0899. The molecule has 0 bridgehead atoms. The average Bonchev–Trinajstić information content (AvgIpc) is 2.73. The molecule has 0 aliphatic heterocycles. The maximum absolute atomic E-state index is 13.0. The number of carbonyl (C=O) groups is 1. The fraction of sp³-hybridized carbons (Fsp3) is 0.609. The first kappa shape index (κ1) is 22.7. The van der Waals surface area contributed by atoms with Crippen molar-refractivity contribution in [2.75, 3.05) is 19.6 Å². The van der Waals surface area contributed by atoms with Gasteiger partial charge in [0.15, 0.2) is 4.77 Å². The lowest BCUT2D eigenvalue weighted by Gasteiger charge is -2.34. The van der Waals surface area contributed by atoms with Gasteiger partial charge in [-0.2, -0.15) is 0 Å². The number of amides is 1. The molecule has 0 saturated heterocycles. The van der Waals surface area contributed by atoms with E-state index in [9.17, 15) is 9.59 Å². The number of aromatic nitrogens is 2. The van der Waals surface area contributed by atoms with E-state index in [2.05, 4.69) is 42.9 Å². The Morgan fingerprint density at radius 1 is 1.27 bits per heavy atom. The molecule has 0 radical (unpaired) electrons. The lowest BCUT2D eigenvalue weighted by Crippen LogP contribution is -2.43. The van der Waals surface area contributed by atoms with Crippen molar-refractivity contribution in [2.45, 2.75) is 59.5 Å². The van der Waals surface area contributed by atoms with E-state index in [0.29, 0.717) is 39.6 Å². The fourth-order valence-electron chi connectivity index (χ4n) is 4.42. The number of H-pyrrole nitrogens is 1. The van der Waals surface area contributed by atoms with Crippen LogP contribution in [0, 0.1) is 16.6 Å². The van der Waals surface area contributed by atoms with Crippen molar-refractivity contribution in [3.05, 3.63) is 38.9 Å². The number of rotatable bonds is 7. The van der Waals surface area contributed by atoms with Gasteiger partial charge in [0.25, 0.3) is 11.5 Å². The molecule has 7 heteroatoms. The van der Waals surface area contributed by atoms with E-state index < -0.39 is 0 Å². The van der Waals surface area contributed by atoms with Crippen LogP contribution in [0.15, 0.2) is 23.0 Å². The minimum Gasteiger partial charge on any atom is -0.349 e. The van der Waals surface area contributed by atoms with Crippen molar-refractivity contribution in [2.24, 2.45) is 11.8 Å². The highest BCUT2D eigenvalue weighted by atomic mass is 32.1. The third-order valence-corrected chi connectivity index (χ3v) is 7.12. The van der Waals surface area contributed by atoms with Crippen molar-refractivity contribution >= 4 is 29.0 Å². The molecule has 3 rings (SSSR count). The van der Waals surface area contributed by atoms with Gasteiger partial charge < -0.3 is 15.2 Å². The third-order valence-electron chi connectivity index (χ3n) is 6.80. The Bertz CT molecular complexity index is 1010. The molecule has 1 fully saturated rings. The summed E-state index contributed by atoms with van der Waals surface area (Å²) in [4.78, 5) is 31.2. The molecule has 2 N–H and O–H groups in total. The van der Waals surface area contributed by atoms with Crippen molar-refractivity contribution in [1.82, 2.24) is 19.8 Å². The quantitative estimate of drug-likeness (QED) is 0.653. The zero-order valence-electron chi connectivity index (χ0n) is 18.5. The van der Waals surface area contributed by atoms with Gasteiger partial charge in [-0.15, -0.1) is 0 Å². The number of hydrogen-bond donors (Lipinski definition) is 2. The number of fused-ring (bicyclic) bond motifs is 1. The first-order valence-electron chi connectivity index (χ1n) is 11.2. The lowest BCUT2D eigenvalue weighted by atomic mass is 9.78. The van der Waals surface area contributed by atoms with Crippen LogP contribution in [0.25, 0.3) is 10.9 Å². The molecule has 2 aromatic rings. The Balaban J connectivity index is 1.82. The molecule has 0 unspecified atom stereocenters. The van der Waals surface area contributed by atoms with Crippen molar-refractivity contribution in [3.63, 3.8) is 0 Å². The highest BCUT2D eigenvalue weighted by molar-refractivity contribution is 7.71. The maximum atomic E-state index is 13.0. The summed E-state index contributed by atoms with van der Waals surface area (Å²) >= 11 is 5.45. The Morgan fingerprint density at radius 2 is 2.00 bits per heavy atom. The zero-order chi connectivity index (χ0) is 21.8. The van der Waals surface area contributed by atoms with Crippen LogP contribution in [-0.2, 0) is 6.54 Å². The van der Waals surface area contributed by atoms with E-state index in [4.69, 9.17) is 12.2 Å². The zero-order valence-corrected chi connectivity index (χ0v) is 19.3. The lowest BCUT2D eigenvalue weighted by molar-refractivity contribution is 0.0891. The standard InChI is InChI=1S/C23H34N4O2S/c1-5-26(6-2)12-13-27-22(29)18-11-10-17(14-20(18)25-23(27)30)21(28)24-19-9-7-8-15(3)16(19)4/h10-11,14-16,19H,5-9,12-13H2,1-4H3,(H,24,28)(H,25,30)/t15-,16+,19-/m1/s1. The Labute approximate surface area is 183 Å². The normalized spacial score (nSPS) is 21.8. The van der Waals surface area contributed by atoms with E-state index in [1.165, 1.54) is 6.42 Å². The summed E-state index contributed by atoms with van der Waals surface area (Å²) < 4.78 is 2.01. The van der Waals surface area contributed by atoms with E-state index in [0.717, 1.165) is 32.5 Å². The average molecular weight is 431 g/mol. The summed E-state index contributed by atoms with van der Waals surface area (Å²) in [6.07, 6.45) is 3.39. The van der Waals surface area contributed by atoms with Gasteiger partial charge >= 0.3 is 0 Å². The smallest absolute Gasteiger partial charge is 0.262 e. The number of benzene rings is 1. The monoisotopic (exact) mass is 430 g/mol. The molecule has 1 aromatic heterocycles. The molecule has 1 amide bonds. The summed E-state index contributed by atoms with van der Waals surface area (Å²) in [5, 5.41) is 3.75. The van der Waals surface area contributed by atoms with Crippen LogP contribution < -0.4 is 10.9 Å². The van der Waals surface area contributed by atoms with Crippen molar-refractivity contribution in [3.8, 4) is 0 Å². The second kappa shape index (κ2) is 9.88. The van der Waals surface area contributed by atoms with Crippen LogP contribution in [0.2, 0.25) is 0 Å². The number of nitrogens with one attached hydrogen (secondary N) is 2. The second-order valence-corrected chi connectivity index (χ2v) is 8.91. The molecule has 0 spiro atoms. The van der Waals surface area contributed by atoms with Crippen LogP contribution in [0.1, 0.15) is 57.3 Å². The summed E-state index contributed by atoms with van der Waals surface area (Å²) in [6.45, 7) is 11.9. The second-order valence-electron chi connectivity index (χ2n) is 8.52. The number of hydrogen-bond acceptors (Lipinski definition) is 4. The Morgan fingerprint density at radius 3 is 2.70 bits per heavy atom. The van der Waals surface area contributed by atoms with Gasteiger partial charge in [0.05, 0.1) is 10.9 Å². The fourth-order valence-corrected chi connectivity index (χ4v) is 4.70. The van der Waals surface area contributed by atoms with Gasteiger partial charge in [0, 0.05) is 24.7 Å². The topological polar surface area (TPSA) is 70.1 Å². The molecule has 1 aliphatic rings. The number of aromatic amines is 1. The van der Waals surface area contributed by atoms with E-state index in [-0.39, 0.29) is 17.5 Å². The van der Waals surface area contributed by atoms with Crippen LogP contribution in [-0.4, -0.2) is 46.0 Å². The largest absolute Gasteiger partial charge is 0.349 e. The molecule has 6 nitrogen and oxygen atoms in total. The molecular formula is C23H34N4O2S. The molecule has 3 atom stereocenters. The molecule has 1 aliphatic carbocycles. The van der Waals surface area contributed by atoms with Gasteiger partial charge in [0.1, 0.15) is 0 Å². The molecular weight excluding hydrogens is 396 g/mol. The first-order valence-corrected chi connectivity index (χ1v) is 11.6. The van der Waals surface area contributed by atoms with Gasteiger partial charge in [0.2, 0.25) is 0 Å². The van der Waals surface area contributed by atoms with Gasteiger partial charge in [-0.3, -0.25) is 14.2 Å². The molecule has 1 saturated carbocycles. The van der Waals surface area contributed by atoms with Gasteiger partial charge in [-0.05, 0) is 61.8 Å². The Kier molecular flexibility index (Phi) is 7.47. The molecule has 1 heterocycles. The summed E-state index contributed by atoms with van der Waals surface area (Å²) in [5.74, 6) is 0.992. The maximum Gasteiger partial charge on any atom is 0.262 e. The van der Waals surface area contributed by atoms with E-state index in [1.54, 1.807) is 22.8 Å². The number of nitrogens with zero attached hydrogens (tertiary/aromatic N) is 2. The van der Waals surface area contributed by atoms with Crippen LogP contribution in [0.4, 0.5) is 0 Å². The predicted molar refractivity (Wildman–Crippen MR) is 125 cm³/mol. The number of likely N-dealkylation sites (N-methyl/N-ethyl adjacent to an activating group) is 1. The molecule has 1 aromatic carbocycles. The SMILES string of the molecule is CCN(CC)CCn1c(=S)[nH]c2cc(C(=O)N[C@@H]3CCC[C@@H](C)[C@@H]3C)ccc2c1=O. The van der Waals surface area contributed by atoms with Gasteiger partial charge in [-0.1, -0.05) is 40.5 Å². The minimum atomic E-state index is -0.109. The van der Waals surface area contributed by atoms with Crippen molar-refractivity contribution in [1.29, 1.82) is 0 Å². The first-order chi connectivity index (χ1) is 14.3. The van der Waals surface area contributed by atoms with E-state index >= 15 is 0 Å².